The first-order chi connectivity index (χ1) is 5.78. The van der Waals surface area contributed by atoms with E-state index in [0.717, 1.165) is 12.8 Å². The summed E-state index contributed by atoms with van der Waals surface area (Å²) < 4.78 is 0. The number of ketones is 1. The normalized spacial score (nSPS) is 19.4. The van der Waals surface area contributed by atoms with E-state index in [1.807, 2.05) is 20.8 Å². The molecule has 1 fully saturated rings. The van der Waals surface area contributed by atoms with Crippen molar-refractivity contribution < 1.29 is 9.59 Å². The van der Waals surface area contributed by atoms with Gasteiger partial charge < -0.3 is 5.32 Å². The molecule has 74 valence electrons. The number of rotatable bonds is 2. The lowest BCUT2D eigenvalue weighted by atomic mass is 9.94. The van der Waals surface area contributed by atoms with Gasteiger partial charge in [0.1, 0.15) is 0 Å². The van der Waals surface area contributed by atoms with E-state index in [1.165, 1.54) is 6.92 Å². The van der Waals surface area contributed by atoms with Crippen LogP contribution in [-0.4, -0.2) is 17.2 Å². The van der Waals surface area contributed by atoms with E-state index in [2.05, 4.69) is 5.32 Å². The number of Topliss-reactive ketones (excluding diaryl/α,β-unsaturated/α-hetero) is 1. The van der Waals surface area contributed by atoms with Gasteiger partial charge in [-0.2, -0.15) is 0 Å². The van der Waals surface area contributed by atoms with Crippen LogP contribution in [0, 0.1) is 5.41 Å². The number of carbonyl (C=O) groups is 2. The van der Waals surface area contributed by atoms with E-state index < -0.39 is 11.0 Å². The Labute approximate surface area is 78.9 Å². The van der Waals surface area contributed by atoms with Crippen LogP contribution in [0.5, 0.6) is 0 Å². The summed E-state index contributed by atoms with van der Waals surface area (Å²) >= 11 is 0. The van der Waals surface area contributed by atoms with Gasteiger partial charge in [-0.3, -0.25) is 9.59 Å². The quantitative estimate of drug-likeness (QED) is 0.700. The van der Waals surface area contributed by atoms with Crippen molar-refractivity contribution in [2.75, 3.05) is 0 Å². The Morgan fingerprint density at radius 3 is 1.92 bits per heavy atom. The topological polar surface area (TPSA) is 46.2 Å². The molecule has 0 bridgehead atoms. The Balaban J connectivity index is 2.60. The van der Waals surface area contributed by atoms with E-state index in [-0.39, 0.29) is 11.7 Å². The lowest BCUT2D eigenvalue weighted by Crippen LogP contribution is -2.46. The van der Waals surface area contributed by atoms with Crippen LogP contribution in [-0.2, 0) is 9.59 Å². The summed E-state index contributed by atoms with van der Waals surface area (Å²) in [6.07, 6.45) is 1.59. The van der Waals surface area contributed by atoms with Crippen LogP contribution in [0.1, 0.15) is 40.5 Å². The molecular weight excluding hydrogens is 166 g/mol. The average molecular weight is 183 g/mol. The molecule has 0 spiro atoms. The van der Waals surface area contributed by atoms with Crippen molar-refractivity contribution in [2.45, 2.75) is 46.1 Å². The highest BCUT2D eigenvalue weighted by Crippen LogP contribution is 2.37. The highest BCUT2D eigenvalue weighted by atomic mass is 16.2. The lowest BCUT2D eigenvalue weighted by Gasteiger charge is -2.22. The first kappa shape index (κ1) is 10.2. The summed E-state index contributed by atoms with van der Waals surface area (Å²) in [6, 6.07) is 0. The zero-order chi connectivity index (χ0) is 10.3. The number of nitrogens with one attached hydrogen (secondary N) is 1. The molecule has 0 aromatic heterocycles. The molecule has 3 nitrogen and oxygen atoms in total. The van der Waals surface area contributed by atoms with Gasteiger partial charge in [0.2, 0.25) is 5.91 Å². The molecule has 1 amide bonds. The second kappa shape index (κ2) is 2.82. The fourth-order valence-electron chi connectivity index (χ4n) is 1.09. The van der Waals surface area contributed by atoms with Crippen LogP contribution < -0.4 is 5.32 Å². The van der Waals surface area contributed by atoms with Crippen molar-refractivity contribution in [3.05, 3.63) is 0 Å². The summed E-state index contributed by atoms with van der Waals surface area (Å²) in [5.41, 5.74) is -0.921. The van der Waals surface area contributed by atoms with Crippen molar-refractivity contribution in [1.82, 2.24) is 5.32 Å². The molecule has 0 unspecified atom stereocenters. The first-order valence-electron chi connectivity index (χ1n) is 4.62. The smallest absolute Gasteiger partial charge is 0.226 e. The van der Waals surface area contributed by atoms with Crippen molar-refractivity contribution in [3.63, 3.8) is 0 Å². The zero-order valence-corrected chi connectivity index (χ0v) is 8.73. The Kier molecular flexibility index (Phi) is 2.22. The highest BCUT2D eigenvalue weighted by molar-refractivity contribution is 5.95. The molecule has 3 heteroatoms. The van der Waals surface area contributed by atoms with E-state index >= 15 is 0 Å². The number of hydrogen-bond acceptors (Lipinski definition) is 2. The van der Waals surface area contributed by atoms with E-state index in [1.54, 1.807) is 0 Å². The second-order valence-electron chi connectivity index (χ2n) is 4.84. The van der Waals surface area contributed by atoms with Gasteiger partial charge in [-0.15, -0.1) is 0 Å². The molecule has 13 heavy (non-hydrogen) atoms. The SMILES string of the molecule is CC(=O)C1(NC(=O)C(C)(C)C)CC1. The molecular formula is C10H17NO2. The minimum Gasteiger partial charge on any atom is -0.343 e. The molecule has 0 radical (unpaired) electrons. The van der Waals surface area contributed by atoms with Gasteiger partial charge in [0, 0.05) is 5.41 Å². The maximum absolute atomic E-state index is 11.6. The Bertz CT molecular complexity index is 246. The number of carbonyl (C=O) groups excluding carboxylic acids is 2. The van der Waals surface area contributed by atoms with Crippen LogP contribution in [0.15, 0.2) is 0 Å². The molecule has 0 aromatic carbocycles. The van der Waals surface area contributed by atoms with Crippen molar-refractivity contribution in [3.8, 4) is 0 Å². The van der Waals surface area contributed by atoms with E-state index in [0.29, 0.717) is 0 Å². The minimum atomic E-state index is -0.510. The van der Waals surface area contributed by atoms with Crippen molar-refractivity contribution >= 4 is 11.7 Å². The maximum atomic E-state index is 11.6. The largest absolute Gasteiger partial charge is 0.343 e. The summed E-state index contributed by atoms with van der Waals surface area (Å²) in [5.74, 6) is 0.0327. The lowest BCUT2D eigenvalue weighted by molar-refractivity contribution is -0.133. The van der Waals surface area contributed by atoms with Gasteiger partial charge in [-0.1, -0.05) is 20.8 Å². The first-order valence-corrected chi connectivity index (χ1v) is 4.62. The van der Waals surface area contributed by atoms with Gasteiger partial charge >= 0.3 is 0 Å². The van der Waals surface area contributed by atoms with Crippen LogP contribution in [0.25, 0.3) is 0 Å². The molecule has 0 heterocycles. The van der Waals surface area contributed by atoms with Gasteiger partial charge in [0.25, 0.3) is 0 Å². The molecule has 1 aliphatic carbocycles. The predicted molar refractivity (Wildman–Crippen MR) is 50.2 cm³/mol. The predicted octanol–water partition coefficient (Wildman–Crippen LogP) is 1.27. The average Bonchev–Trinajstić information content (AvgIpc) is 2.66. The summed E-state index contributed by atoms with van der Waals surface area (Å²) in [5, 5.41) is 2.82. The summed E-state index contributed by atoms with van der Waals surface area (Å²) in [4.78, 5) is 22.7. The van der Waals surface area contributed by atoms with Gasteiger partial charge in [-0.25, -0.2) is 0 Å². The molecule has 1 saturated carbocycles. The Morgan fingerprint density at radius 1 is 1.23 bits per heavy atom. The molecule has 0 aliphatic heterocycles. The zero-order valence-electron chi connectivity index (χ0n) is 8.73. The fraction of sp³-hybridized carbons (Fsp3) is 0.800. The monoisotopic (exact) mass is 183 g/mol. The minimum absolute atomic E-state index is 0.0415. The molecule has 1 aliphatic rings. The van der Waals surface area contributed by atoms with Gasteiger partial charge in [-0.05, 0) is 19.8 Å². The summed E-state index contributed by atoms with van der Waals surface area (Å²) in [7, 11) is 0. The number of hydrogen-bond donors (Lipinski definition) is 1. The van der Waals surface area contributed by atoms with E-state index in [4.69, 9.17) is 0 Å². The molecule has 0 atom stereocenters. The summed E-state index contributed by atoms with van der Waals surface area (Å²) in [6.45, 7) is 7.07. The van der Waals surface area contributed by atoms with Crippen molar-refractivity contribution in [1.29, 1.82) is 0 Å². The third-order valence-electron chi connectivity index (χ3n) is 2.46. The fourth-order valence-corrected chi connectivity index (χ4v) is 1.09. The number of amides is 1. The third-order valence-corrected chi connectivity index (χ3v) is 2.46. The molecule has 1 N–H and O–H groups in total. The Morgan fingerprint density at radius 2 is 1.69 bits per heavy atom. The molecule has 0 saturated heterocycles. The highest BCUT2D eigenvalue weighted by Gasteiger charge is 2.49. The molecule has 1 rings (SSSR count). The second-order valence-corrected chi connectivity index (χ2v) is 4.84. The third kappa shape index (κ3) is 2.08. The van der Waals surface area contributed by atoms with Crippen LogP contribution in [0.4, 0.5) is 0 Å². The van der Waals surface area contributed by atoms with Crippen LogP contribution in [0.2, 0.25) is 0 Å². The van der Waals surface area contributed by atoms with Crippen LogP contribution >= 0.6 is 0 Å². The maximum Gasteiger partial charge on any atom is 0.226 e. The Hall–Kier alpha value is -0.860. The molecule has 0 aromatic rings. The van der Waals surface area contributed by atoms with Crippen molar-refractivity contribution in [2.24, 2.45) is 5.41 Å². The van der Waals surface area contributed by atoms with Gasteiger partial charge in [0.15, 0.2) is 5.78 Å². The van der Waals surface area contributed by atoms with Gasteiger partial charge in [0.05, 0.1) is 5.54 Å². The standard InChI is InChI=1S/C10H17NO2/c1-7(12)10(5-6-10)11-8(13)9(2,3)4/h5-6H2,1-4H3,(H,11,13). The van der Waals surface area contributed by atoms with Crippen LogP contribution in [0.3, 0.4) is 0 Å². The van der Waals surface area contributed by atoms with E-state index in [9.17, 15) is 9.59 Å².